The molecule has 2 aliphatic heterocycles. The van der Waals surface area contributed by atoms with Crippen LogP contribution >= 0.6 is 0 Å². The average molecular weight is 599 g/mol. The number of ether oxygens (including phenoxy) is 2. The van der Waals surface area contributed by atoms with Crippen molar-refractivity contribution in [2.75, 3.05) is 41.4 Å². The number of carboxylic acid groups (broad SMARTS) is 1. The lowest BCUT2D eigenvalue weighted by Gasteiger charge is -2.41. The van der Waals surface area contributed by atoms with Gasteiger partial charge in [-0.3, -0.25) is 24.1 Å². The molecule has 2 N–H and O–H groups in total. The van der Waals surface area contributed by atoms with Gasteiger partial charge in [0, 0.05) is 30.6 Å². The fraction of sp³-hybridized carbons (Fsp3) is 0.871. The summed E-state index contributed by atoms with van der Waals surface area (Å²) in [5.74, 6) is -2.97. The van der Waals surface area contributed by atoms with Gasteiger partial charge >= 0.3 is 5.97 Å². The molecule has 2 rings (SSSR count). The molecule has 11 nitrogen and oxygen atoms in total. The van der Waals surface area contributed by atoms with E-state index in [0.29, 0.717) is 38.8 Å². The van der Waals surface area contributed by atoms with Gasteiger partial charge in [0.1, 0.15) is 6.04 Å². The highest BCUT2D eigenvalue weighted by Crippen LogP contribution is 2.30. The van der Waals surface area contributed by atoms with Crippen molar-refractivity contribution in [1.29, 1.82) is 0 Å². The zero-order chi connectivity index (χ0) is 33.4. The number of aliphatic carboxylic acids is 1. The highest BCUT2D eigenvalue weighted by Gasteiger charge is 2.45. The summed E-state index contributed by atoms with van der Waals surface area (Å²) < 4.78 is 27.5. The first-order valence-corrected chi connectivity index (χ1v) is 15.2. The van der Waals surface area contributed by atoms with Gasteiger partial charge in [0.2, 0.25) is 17.7 Å². The molecule has 0 aliphatic carbocycles. The lowest BCUT2D eigenvalue weighted by atomic mass is 9.89. The Morgan fingerprint density at radius 2 is 1.81 bits per heavy atom. The van der Waals surface area contributed by atoms with Crippen LogP contribution in [0.2, 0.25) is 0 Å². The maximum atomic E-state index is 14.1. The van der Waals surface area contributed by atoms with Gasteiger partial charge < -0.3 is 29.7 Å². The lowest BCUT2D eigenvalue weighted by molar-refractivity contribution is -0.152. The third-order valence-corrected chi connectivity index (χ3v) is 9.50. The maximum absolute atomic E-state index is 14.1. The highest BCUT2D eigenvalue weighted by molar-refractivity contribution is 5.92. The number of amides is 3. The number of carbonyl (C=O) groups excluding carboxylic acids is 3. The average Bonchev–Trinajstić information content (AvgIpc) is 3.66. The van der Waals surface area contributed by atoms with Gasteiger partial charge in [-0.2, -0.15) is 0 Å². The molecule has 0 aromatic rings. The van der Waals surface area contributed by atoms with Crippen molar-refractivity contribution < 1.29 is 36.5 Å². The highest BCUT2D eigenvalue weighted by atomic mass is 16.5. The SMILES string of the molecule is [2H]CN1CCC[C@@]1(C[2H])C(=O)N[C@H](C(=O)N(C)[C@@H]([C@@H](C)CC)[C@@H](CC(=O)N1CCC[C@H]1[C@H](OC)[C@@H](C)C(=O)O)OC)C(C)C. The molecule has 11 heteroatoms. The molecule has 3 amide bonds. The van der Waals surface area contributed by atoms with Crippen molar-refractivity contribution >= 4 is 23.7 Å². The molecular weight excluding hydrogens is 540 g/mol. The molecule has 0 bridgehead atoms. The third-order valence-electron chi connectivity index (χ3n) is 9.50. The second kappa shape index (κ2) is 15.5. The molecule has 242 valence electrons. The summed E-state index contributed by atoms with van der Waals surface area (Å²) in [5, 5.41) is 12.5. The Kier molecular flexibility index (Phi) is 12.0. The van der Waals surface area contributed by atoms with Crippen LogP contribution in [-0.4, -0.2) is 121 Å². The van der Waals surface area contributed by atoms with Crippen LogP contribution in [0.1, 0.15) is 82.8 Å². The molecule has 0 saturated carbocycles. The number of likely N-dealkylation sites (tertiary alicyclic amines) is 2. The number of hydrogen-bond acceptors (Lipinski definition) is 7. The van der Waals surface area contributed by atoms with Gasteiger partial charge in [0.05, 0.1) is 42.2 Å². The number of carbonyl (C=O) groups is 4. The quantitative estimate of drug-likeness (QED) is 0.294. The standard InChI is InChI=1S/C31H56N4O7/c1-11-20(4)26(34(8)28(37)25(19(2)3)32-30(40)31(6)15-13-16-33(31)7)23(41-9)18-24(36)35-17-12-14-22(35)27(42-10)21(5)29(38)39/h19-23,25-27H,11-18H2,1-10H3,(H,32,40)(H,38,39)/t20-,21+,22-,23+,25-,26-,27+,31-/m0/s1/i6D,7D. The molecule has 2 heterocycles. The Balaban J connectivity index is 2.30. The second-order valence-corrected chi connectivity index (χ2v) is 12.5. The van der Waals surface area contributed by atoms with Crippen molar-refractivity contribution in [3.63, 3.8) is 0 Å². The van der Waals surface area contributed by atoms with E-state index >= 15 is 0 Å². The molecular formula is C31H56N4O7. The normalized spacial score (nSPS) is 26.1. The summed E-state index contributed by atoms with van der Waals surface area (Å²) in [6.07, 6.45) is 1.96. The number of carboxylic acids is 1. The summed E-state index contributed by atoms with van der Waals surface area (Å²) in [5.41, 5.74) is -1.13. The van der Waals surface area contributed by atoms with E-state index in [1.165, 1.54) is 14.2 Å². The molecule has 0 aromatic heterocycles. The van der Waals surface area contributed by atoms with Crippen LogP contribution in [0, 0.1) is 17.8 Å². The summed E-state index contributed by atoms with van der Waals surface area (Å²) >= 11 is 0. The van der Waals surface area contributed by atoms with E-state index < -0.39 is 47.6 Å². The smallest absolute Gasteiger partial charge is 0.308 e. The molecule has 0 spiro atoms. The van der Waals surface area contributed by atoms with Gasteiger partial charge in [-0.1, -0.05) is 34.1 Å². The van der Waals surface area contributed by atoms with Crippen molar-refractivity contribution in [3.05, 3.63) is 0 Å². The van der Waals surface area contributed by atoms with Crippen molar-refractivity contribution in [3.8, 4) is 0 Å². The zero-order valence-electron chi connectivity index (χ0n) is 28.9. The number of hydrogen-bond donors (Lipinski definition) is 2. The Morgan fingerprint density at radius 3 is 2.33 bits per heavy atom. The van der Waals surface area contributed by atoms with E-state index in [1.807, 2.05) is 27.7 Å². The fourth-order valence-corrected chi connectivity index (χ4v) is 6.50. The predicted molar refractivity (Wildman–Crippen MR) is 161 cm³/mol. The summed E-state index contributed by atoms with van der Waals surface area (Å²) in [4.78, 5) is 58.2. The Bertz CT molecular complexity index is 989. The third kappa shape index (κ3) is 7.82. The largest absolute Gasteiger partial charge is 0.481 e. The van der Waals surface area contributed by atoms with Crippen LogP contribution in [0.4, 0.5) is 0 Å². The topological polar surface area (TPSA) is 129 Å². The van der Waals surface area contributed by atoms with Crippen LogP contribution in [0.3, 0.4) is 0 Å². The van der Waals surface area contributed by atoms with Crippen LogP contribution < -0.4 is 5.32 Å². The monoisotopic (exact) mass is 598 g/mol. The first-order chi connectivity index (χ1) is 20.8. The lowest BCUT2D eigenvalue weighted by Crippen LogP contribution is -2.61. The second-order valence-electron chi connectivity index (χ2n) is 12.5. The van der Waals surface area contributed by atoms with Crippen molar-refractivity contribution in [2.24, 2.45) is 17.8 Å². The first-order valence-electron chi connectivity index (χ1n) is 16.7. The van der Waals surface area contributed by atoms with E-state index in [-0.39, 0.29) is 50.0 Å². The molecule has 2 saturated heterocycles. The van der Waals surface area contributed by atoms with Gasteiger partial charge in [-0.25, -0.2) is 0 Å². The molecule has 0 aromatic carbocycles. The number of rotatable bonds is 15. The van der Waals surface area contributed by atoms with Gasteiger partial charge in [0.25, 0.3) is 0 Å². The van der Waals surface area contributed by atoms with E-state index in [9.17, 15) is 24.3 Å². The van der Waals surface area contributed by atoms with E-state index in [0.717, 1.165) is 6.42 Å². The van der Waals surface area contributed by atoms with Crippen LogP contribution in [-0.2, 0) is 28.7 Å². The maximum Gasteiger partial charge on any atom is 0.308 e. The van der Waals surface area contributed by atoms with Crippen LogP contribution in [0.25, 0.3) is 0 Å². The van der Waals surface area contributed by atoms with E-state index in [1.54, 1.807) is 28.7 Å². The summed E-state index contributed by atoms with van der Waals surface area (Å²) in [7, 11) is 4.57. The van der Waals surface area contributed by atoms with Gasteiger partial charge in [0.15, 0.2) is 0 Å². The predicted octanol–water partition coefficient (Wildman–Crippen LogP) is 2.62. The Morgan fingerprint density at radius 1 is 1.12 bits per heavy atom. The molecule has 2 aliphatic rings. The minimum atomic E-state index is -1.13. The minimum Gasteiger partial charge on any atom is -0.481 e. The minimum absolute atomic E-state index is 0.00334. The van der Waals surface area contributed by atoms with Crippen molar-refractivity contribution in [1.82, 2.24) is 20.0 Å². The molecule has 42 heavy (non-hydrogen) atoms. The molecule has 0 unspecified atom stereocenters. The number of nitrogens with one attached hydrogen (secondary N) is 1. The van der Waals surface area contributed by atoms with Gasteiger partial charge in [-0.15, -0.1) is 0 Å². The first kappa shape index (κ1) is 32.7. The van der Waals surface area contributed by atoms with Gasteiger partial charge in [-0.05, 0) is 64.9 Å². The fourth-order valence-electron chi connectivity index (χ4n) is 6.50. The molecule has 8 atom stereocenters. The molecule has 0 radical (unpaired) electrons. The molecule has 2 fully saturated rings. The Hall–Kier alpha value is -2.24. The van der Waals surface area contributed by atoms with E-state index in [2.05, 4.69) is 5.32 Å². The van der Waals surface area contributed by atoms with Crippen LogP contribution in [0.15, 0.2) is 0 Å². The zero-order valence-corrected chi connectivity index (χ0v) is 26.9. The Labute approximate surface area is 255 Å². The summed E-state index contributed by atoms with van der Waals surface area (Å²) in [6.45, 7) is 10.2. The number of nitrogens with zero attached hydrogens (tertiary/aromatic N) is 3. The van der Waals surface area contributed by atoms with Crippen LogP contribution in [0.5, 0.6) is 0 Å². The van der Waals surface area contributed by atoms with Crippen molar-refractivity contribution in [2.45, 2.75) is 116 Å². The number of methoxy groups -OCH3 is 2. The number of likely N-dealkylation sites (N-methyl/N-ethyl adjacent to an activating group) is 2. The summed E-state index contributed by atoms with van der Waals surface area (Å²) in [6, 6.07) is -1.73. The van der Waals surface area contributed by atoms with E-state index in [4.69, 9.17) is 12.2 Å².